The lowest BCUT2D eigenvalue weighted by atomic mass is 10.2. The van der Waals surface area contributed by atoms with Gasteiger partial charge in [-0.05, 0) is 36.4 Å². The largest absolute Gasteiger partial charge is 0.368 e. The SMILES string of the molecule is O=C(CN1CCN(c2cccc(Cl)c2)C1=O)N1CCN(c2cccc(Cl)c2)CC1. The molecule has 0 N–H and O–H groups in total. The van der Waals surface area contributed by atoms with Crippen molar-refractivity contribution in [2.45, 2.75) is 0 Å². The van der Waals surface area contributed by atoms with Crippen LogP contribution in [-0.2, 0) is 4.79 Å². The Labute approximate surface area is 180 Å². The molecule has 6 nitrogen and oxygen atoms in total. The number of rotatable bonds is 4. The Morgan fingerprint density at radius 2 is 1.45 bits per heavy atom. The molecule has 2 aliphatic rings. The van der Waals surface area contributed by atoms with Crippen LogP contribution in [0.15, 0.2) is 48.5 Å². The van der Waals surface area contributed by atoms with Crippen molar-refractivity contribution in [1.82, 2.24) is 9.80 Å². The minimum atomic E-state index is -0.154. The Hall–Kier alpha value is -2.44. The van der Waals surface area contributed by atoms with Gasteiger partial charge >= 0.3 is 6.03 Å². The second-order valence-electron chi connectivity index (χ2n) is 7.18. The highest BCUT2D eigenvalue weighted by Gasteiger charge is 2.32. The minimum absolute atomic E-state index is 0.0166. The van der Waals surface area contributed by atoms with Gasteiger partial charge in [0.05, 0.1) is 0 Å². The van der Waals surface area contributed by atoms with E-state index in [4.69, 9.17) is 23.2 Å². The van der Waals surface area contributed by atoms with Gasteiger partial charge in [0.15, 0.2) is 0 Å². The maximum atomic E-state index is 12.7. The summed E-state index contributed by atoms with van der Waals surface area (Å²) in [6.45, 7) is 3.93. The monoisotopic (exact) mass is 432 g/mol. The van der Waals surface area contributed by atoms with Crippen molar-refractivity contribution >= 4 is 46.5 Å². The number of hydrogen-bond acceptors (Lipinski definition) is 3. The summed E-state index contributed by atoms with van der Waals surface area (Å²) in [6.07, 6.45) is 0. The number of hydrogen-bond donors (Lipinski definition) is 0. The lowest BCUT2D eigenvalue weighted by Crippen LogP contribution is -2.51. The van der Waals surface area contributed by atoms with E-state index in [1.54, 1.807) is 21.9 Å². The van der Waals surface area contributed by atoms with Crippen LogP contribution in [0.4, 0.5) is 16.2 Å². The van der Waals surface area contributed by atoms with E-state index in [9.17, 15) is 9.59 Å². The van der Waals surface area contributed by atoms with Crippen LogP contribution in [-0.4, -0.2) is 67.6 Å². The molecule has 2 fully saturated rings. The number of nitrogens with zero attached hydrogens (tertiary/aromatic N) is 4. The number of piperazine rings is 1. The molecule has 29 heavy (non-hydrogen) atoms. The third kappa shape index (κ3) is 4.43. The summed E-state index contributed by atoms with van der Waals surface area (Å²) in [5.41, 5.74) is 1.82. The fourth-order valence-electron chi connectivity index (χ4n) is 3.76. The maximum Gasteiger partial charge on any atom is 0.325 e. The van der Waals surface area contributed by atoms with Gasteiger partial charge in [0, 0.05) is 60.7 Å². The van der Waals surface area contributed by atoms with Crippen molar-refractivity contribution < 1.29 is 9.59 Å². The molecule has 0 aromatic heterocycles. The zero-order valence-corrected chi connectivity index (χ0v) is 17.4. The summed E-state index contributed by atoms with van der Waals surface area (Å²) in [7, 11) is 0. The minimum Gasteiger partial charge on any atom is -0.368 e. The van der Waals surface area contributed by atoms with Gasteiger partial charge < -0.3 is 14.7 Å². The van der Waals surface area contributed by atoms with Crippen LogP contribution in [0.5, 0.6) is 0 Å². The normalized spacial score (nSPS) is 17.2. The summed E-state index contributed by atoms with van der Waals surface area (Å²) in [6, 6.07) is 14.8. The number of urea groups is 1. The summed E-state index contributed by atoms with van der Waals surface area (Å²) in [5, 5.41) is 1.29. The Balaban J connectivity index is 1.32. The van der Waals surface area contributed by atoms with Crippen LogP contribution in [0, 0.1) is 0 Å². The van der Waals surface area contributed by atoms with Gasteiger partial charge in [-0.1, -0.05) is 35.3 Å². The zero-order valence-electron chi connectivity index (χ0n) is 15.9. The van der Waals surface area contributed by atoms with Gasteiger partial charge in [-0.2, -0.15) is 0 Å². The standard InChI is InChI=1S/C21H22Cl2N4O2/c22-16-3-1-5-18(13-16)24-7-9-25(10-8-24)20(28)15-26-11-12-27(21(26)29)19-6-2-4-17(23)14-19/h1-6,13-14H,7-12,15H2. The lowest BCUT2D eigenvalue weighted by Gasteiger charge is -2.36. The van der Waals surface area contributed by atoms with Crippen LogP contribution < -0.4 is 9.80 Å². The Morgan fingerprint density at radius 1 is 0.828 bits per heavy atom. The van der Waals surface area contributed by atoms with Crippen LogP contribution >= 0.6 is 23.2 Å². The van der Waals surface area contributed by atoms with Gasteiger partial charge in [0.25, 0.3) is 0 Å². The summed E-state index contributed by atoms with van der Waals surface area (Å²) in [5.74, 6) is -0.0166. The molecular weight excluding hydrogens is 411 g/mol. The first-order valence-corrected chi connectivity index (χ1v) is 10.4. The molecule has 0 atom stereocenters. The number of carbonyl (C=O) groups excluding carboxylic acids is 2. The first-order chi connectivity index (χ1) is 14.0. The highest BCUT2D eigenvalue weighted by Crippen LogP contribution is 2.24. The predicted molar refractivity (Wildman–Crippen MR) is 116 cm³/mol. The summed E-state index contributed by atoms with van der Waals surface area (Å²) in [4.78, 5) is 32.8. The number of carbonyl (C=O) groups is 2. The third-order valence-electron chi connectivity index (χ3n) is 5.35. The molecule has 2 aromatic rings. The smallest absolute Gasteiger partial charge is 0.325 e. The number of amides is 3. The summed E-state index contributed by atoms with van der Waals surface area (Å²) >= 11 is 12.1. The van der Waals surface area contributed by atoms with Crippen LogP contribution in [0.2, 0.25) is 10.0 Å². The zero-order chi connectivity index (χ0) is 20.4. The van der Waals surface area contributed by atoms with Crippen LogP contribution in [0.1, 0.15) is 0 Å². The van der Waals surface area contributed by atoms with Crippen molar-refractivity contribution in [3.8, 4) is 0 Å². The van der Waals surface area contributed by atoms with E-state index < -0.39 is 0 Å². The fourth-order valence-corrected chi connectivity index (χ4v) is 4.13. The van der Waals surface area contributed by atoms with E-state index in [-0.39, 0.29) is 18.5 Å². The van der Waals surface area contributed by atoms with E-state index in [0.29, 0.717) is 36.2 Å². The van der Waals surface area contributed by atoms with E-state index in [1.165, 1.54) is 0 Å². The van der Waals surface area contributed by atoms with Gasteiger partial charge in [0.1, 0.15) is 6.54 Å². The molecule has 8 heteroatoms. The van der Waals surface area contributed by atoms with Gasteiger partial charge in [-0.15, -0.1) is 0 Å². The first-order valence-electron chi connectivity index (χ1n) is 9.61. The molecule has 0 saturated carbocycles. The van der Waals surface area contributed by atoms with E-state index >= 15 is 0 Å². The van der Waals surface area contributed by atoms with E-state index in [2.05, 4.69) is 4.90 Å². The predicted octanol–water partition coefficient (Wildman–Crippen LogP) is 3.58. The third-order valence-corrected chi connectivity index (χ3v) is 5.82. The topological polar surface area (TPSA) is 47.1 Å². The number of halogens is 2. The quantitative estimate of drug-likeness (QED) is 0.741. The molecular formula is C21H22Cl2N4O2. The molecule has 0 bridgehead atoms. The van der Waals surface area contributed by atoms with Gasteiger partial charge in [0.2, 0.25) is 5.91 Å². The second-order valence-corrected chi connectivity index (χ2v) is 8.06. The first kappa shape index (κ1) is 19.9. The van der Waals surface area contributed by atoms with Crippen molar-refractivity contribution in [3.63, 3.8) is 0 Å². The molecule has 2 aromatic carbocycles. The molecule has 2 aliphatic heterocycles. The summed E-state index contributed by atoms with van der Waals surface area (Å²) < 4.78 is 0. The number of benzene rings is 2. The molecule has 0 radical (unpaired) electrons. The highest BCUT2D eigenvalue weighted by atomic mass is 35.5. The molecule has 3 amide bonds. The molecule has 0 unspecified atom stereocenters. The Bertz CT molecular complexity index is 915. The molecule has 152 valence electrons. The molecule has 0 spiro atoms. The Kier molecular flexibility index (Phi) is 5.83. The number of anilines is 2. The van der Waals surface area contributed by atoms with Crippen molar-refractivity contribution in [3.05, 3.63) is 58.6 Å². The van der Waals surface area contributed by atoms with Crippen LogP contribution in [0.3, 0.4) is 0 Å². The molecule has 2 heterocycles. The van der Waals surface area contributed by atoms with Gasteiger partial charge in [-0.3, -0.25) is 9.69 Å². The lowest BCUT2D eigenvalue weighted by molar-refractivity contribution is -0.131. The second kappa shape index (κ2) is 8.51. The maximum absolute atomic E-state index is 12.7. The van der Waals surface area contributed by atoms with E-state index in [1.807, 2.05) is 41.3 Å². The molecule has 0 aliphatic carbocycles. The van der Waals surface area contributed by atoms with Crippen molar-refractivity contribution in [1.29, 1.82) is 0 Å². The average molecular weight is 433 g/mol. The van der Waals surface area contributed by atoms with E-state index in [0.717, 1.165) is 24.5 Å². The van der Waals surface area contributed by atoms with Crippen molar-refractivity contribution in [2.24, 2.45) is 0 Å². The molecule has 4 rings (SSSR count). The van der Waals surface area contributed by atoms with Gasteiger partial charge in [-0.25, -0.2) is 4.79 Å². The highest BCUT2D eigenvalue weighted by molar-refractivity contribution is 6.31. The molecule has 2 saturated heterocycles. The average Bonchev–Trinajstić information content (AvgIpc) is 3.08. The van der Waals surface area contributed by atoms with Crippen LogP contribution in [0.25, 0.3) is 0 Å². The van der Waals surface area contributed by atoms with Crippen molar-refractivity contribution in [2.75, 3.05) is 55.6 Å². The Morgan fingerprint density at radius 3 is 2.10 bits per heavy atom. The fraction of sp³-hybridized carbons (Fsp3) is 0.333.